The van der Waals surface area contributed by atoms with Gasteiger partial charge in [0.15, 0.2) is 0 Å². The normalized spacial score (nSPS) is 23.8. The summed E-state index contributed by atoms with van der Waals surface area (Å²) < 4.78 is 115. The van der Waals surface area contributed by atoms with Crippen LogP contribution in [0.4, 0.5) is 35.5 Å². The molecule has 252 valence electrons. The molecule has 47 heavy (non-hydrogen) atoms. The van der Waals surface area contributed by atoms with Gasteiger partial charge in [0.05, 0.1) is 16.7 Å². The van der Waals surface area contributed by atoms with Crippen LogP contribution in [0.3, 0.4) is 0 Å². The molecule has 2 fully saturated rings. The maximum atomic E-state index is 13.9. The average Bonchev–Trinajstić information content (AvgIpc) is 3.70. The molecule has 2 aliphatic rings. The lowest BCUT2D eigenvalue weighted by atomic mass is 9.74. The number of carbonyl (C=O) groups is 2. The Labute approximate surface area is 267 Å². The molecule has 5 atom stereocenters. The Morgan fingerprint density at radius 3 is 2.13 bits per heavy atom. The first-order chi connectivity index (χ1) is 22.3. The summed E-state index contributed by atoms with van der Waals surface area (Å²) in [7, 11) is 0. The van der Waals surface area contributed by atoms with E-state index in [4.69, 9.17) is 14.2 Å². The molecular weight excluding hydrogens is 633 g/mol. The quantitative estimate of drug-likeness (QED) is 0.123. The Morgan fingerprint density at radius 2 is 1.53 bits per heavy atom. The minimum absolute atomic E-state index is 0.0217. The van der Waals surface area contributed by atoms with E-state index >= 15 is 0 Å². The number of carbonyl (C=O) groups excluding carboxylic acids is 2. The summed E-state index contributed by atoms with van der Waals surface area (Å²) in [5.74, 6) is -1.53. The first-order valence-corrected chi connectivity index (χ1v) is 15.3. The van der Waals surface area contributed by atoms with E-state index in [1.54, 1.807) is 42.5 Å². The van der Waals surface area contributed by atoms with E-state index in [0.717, 1.165) is 6.29 Å². The van der Waals surface area contributed by atoms with Gasteiger partial charge in [-0.2, -0.15) is 26.3 Å². The van der Waals surface area contributed by atoms with Gasteiger partial charge in [0.1, 0.15) is 31.4 Å². The molecule has 5 nitrogen and oxygen atoms in total. The smallest absolute Gasteiger partial charge is 0.431 e. The van der Waals surface area contributed by atoms with Crippen LogP contribution in [0, 0.1) is 17.7 Å². The predicted octanol–water partition coefficient (Wildman–Crippen LogP) is 9.60. The largest absolute Gasteiger partial charge is 0.508 e. The van der Waals surface area contributed by atoms with Gasteiger partial charge in [0.25, 0.3) is 0 Å². The van der Waals surface area contributed by atoms with Gasteiger partial charge in [-0.1, -0.05) is 42.5 Å². The molecule has 4 unspecified atom stereocenters. The molecule has 0 spiro atoms. The lowest BCUT2D eigenvalue weighted by molar-refractivity contribution is -0.153. The zero-order valence-corrected chi connectivity index (χ0v) is 25.2. The highest BCUT2D eigenvalue weighted by molar-refractivity contribution is 5.60. The lowest BCUT2D eigenvalue weighted by Crippen LogP contribution is -2.44. The summed E-state index contributed by atoms with van der Waals surface area (Å²) in [4.78, 5) is 24.4. The molecule has 0 bridgehead atoms. The SMILES string of the molecule is O=CC1CCC(C2(O[C@H](COC(=O)OCc3ccccc3)c3cc(C(F)(F)F)cc(C(F)(F)F)c3)CCCC2c2ccc(F)cc2)C1. The number of aldehydes is 1. The van der Waals surface area contributed by atoms with Crippen LogP contribution in [-0.2, 0) is 38.0 Å². The molecule has 0 heterocycles. The van der Waals surface area contributed by atoms with Crippen molar-refractivity contribution in [3.8, 4) is 0 Å². The molecule has 0 aliphatic heterocycles. The van der Waals surface area contributed by atoms with Crippen LogP contribution in [0.15, 0.2) is 72.8 Å². The summed E-state index contributed by atoms with van der Waals surface area (Å²) in [5.41, 5.74) is -3.44. The zero-order chi connectivity index (χ0) is 33.8. The Hall–Kier alpha value is -3.93. The van der Waals surface area contributed by atoms with Crippen molar-refractivity contribution in [2.75, 3.05) is 6.61 Å². The third-order valence-corrected chi connectivity index (χ3v) is 9.17. The summed E-state index contributed by atoms with van der Waals surface area (Å²) in [6.07, 6.45) is -9.25. The molecule has 3 aromatic carbocycles. The Balaban J connectivity index is 1.54. The van der Waals surface area contributed by atoms with E-state index in [9.17, 15) is 40.3 Å². The van der Waals surface area contributed by atoms with Crippen molar-refractivity contribution < 1.29 is 54.5 Å². The number of alkyl halides is 6. The van der Waals surface area contributed by atoms with Crippen LogP contribution in [0.25, 0.3) is 0 Å². The van der Waals surface area contributed by atoms with E-state index in [-0.39, 0.29) is 24.5 Å². The maximum Gasteiger partial charge on any atom is 0.508 e. The fraction of sp³-hybridized carbons (Fsp3) is 0.429. The number of halogens is 7. The van der Waals surface area contributed by atoms with Gasteiger partial charge in [-0.25, -0.2) is 9.18 Å². The number of ether oxygens (including phenoxy) is 3. The van der Waals surface area contributed by atoms with E-state index < -0.39 is 65.2 Å². The minimum Gasteiger partial charge on any atom is -0.431 e. The number of hydrogen-bond acceptors (Lipinski definition) is 5. The first-order valence-electron chi connectivity index (χ1n) is 15.3. The van der Waals surface area contributed by atoms with Gasteiger partial charge >= 0.3 is 18.5 Å². The second kappa shape index (κ2) is 14.0. The van der Waals surface area contributed by atoms with Gasteiger partial charge < -0.3 is 19.0 Å². The Bertz CT molecular complexity index is 1490. The molecule has 0 amide bonds. The highest BCUT2D eigenvalue weighted by Crippen LogP contribution is 2.56. The average molecular weight is 667 g/mol. The second-order valence-electron chi connectivity index (χ2n) is 12.1. The molecular formula is C35H33F7O5. The van der Waals surface area contributed by atoms with Crippen LogP contribution < -0.4 is 0 Å². The van der Waals surface area contributed by atoms with E-state index in [1.807, 2.05) is 0 Å². The lowest BCUT2D eigenvalue weighted by Gasteiger charge is -2.44. The number of hydrogen-bond donors (Lipinski definition) is 0. The van der Waals surface area contributed by atoms with Crippen molar-refractivity contribution >= 4 is 12.4 Å². The van der Waals surface area contributed by atoms with Gasteiger partial charge in [-0.3, -0.25) is 0 Å². The van der Waals surface area contributed by atoms with Gasteiger partial charge in [-0.05, 0) is 91.5 Å². The van der Waals surface area contributed by atoms with Crippen molar-refractivity contribution in [3.05, 3.63) is 106 Å². The molecule has 12 heteroatoms. The molecule has 3 aromatic rings. The van der Waals surface area contributed by atoms with Crippen LogP contribution in [0.5, 0.6) is 0 Å². The molecule has 0 aromatic heterocycles. The Morgan fingerprint density at radius 1 is 0.872 bits per heavy atom. The van der Waals surface area contributed by atoms with Crippen LogP contribution >= 0.6 is 0 Å². The molecule has 0 saturated heterocycles. The first kappa shape index (κ1) is 34.4. The molecule has 2 saturated carbocycles. The molecule has 0 radical (unpaired) electrons. The van der Waals surface area contributed by atoms with Gasteiger partial charge in [0.2, 0.25) is 0 Å². The van der Waals surface area contributed by atoms with Gasteiger partial charge in [0, 0.05) is 11.8 Å². The van der Waals surface area contributed by atoms with Crippen LogP contribution in [0.1, 0.15) is 78.4 Å². The molecule has 2 aliphatic carbocycles. The van der Waals surface area contributed by atoms with E-state index in [0.29, 0.717) is 61.8 Å². The van der Waals surface area contributed by atoms with Crippen molar-refractivity contribution in [2.45, 2.75) is 75.1 Å². The summed E-state index contributed by atoms with van der Waals surface area (Å²) in [5, 5.41) is 0. The zero-order valence-electron chi connectivity index (χ0n) is 25.2. The summed E-state index contributed by atoms with van der Waals surface area (Å²) in [6.45, 7) is -0.938. The highest BCUT2D eigenvalue weighted by Gasteiger charge is 2.53. The third kappa shape index (κ3) is 8.14. The van der Waals surface area contributed by atoms with E-state index in [1.165, 1.54) is 12.1 Å². The minimum atomic E-state index is -5.12. The Kier molecular flexibility index (Phi) is 10.3. The predicted molar refractivity (Wildman–Crippen MR) is 155 cm³/mol. The van der Waals surface area contributed by atoms with Crippen molar-refractivity contribution in [2.24, 2.45) is 11.8 Å². The summed E-state index contributed by atoms with van der Waals surface area (Å²) >= 11 is 0. The number of rotatable bonds is 10. The van der Waals surface area contributed by atoms with Crippen molar-refractivity contribution in [3.63, 3.8) is 0 Å². The van der Waals surface area contributed by atoms with Crippen molar-refractivity contribution in [1.29, 1.82) is 0 Å². The second-order valence-corrected chi connectivity index (χ2v) is 12.1. The molecule has 0 N–H and O–H groups in total. The maximum absolute atomic E-state index is 13.9. The van der Waals surface area contributed by atoms with E-state index in [2.05, 4.69) is 0 Å². The topological polar surface area (TPSA) is 61.8 Å². The van der Waals surface area contributed by atoms with Crippen molar-refractivity contribution in [1.82, 2.24) is 0 Å². The van der Waals surface area contributed by atoms with Crippen LogP contribution in [-0.4, -0.2) is 24.6 Å². The van der Waals surface area contributed by atoms with Gasteiger partial charge in [-0.15, -0.1) is 0 Å². The fourth-order valence-corrected chi connectivity index (χ4v) is 6.98. The number of benzene rings is 3. The fourth-order valence-electron chi connectivity index (χ4n) is 6.98. The monoisotopic (exact) mass is 666 g/mol. The van der Waals surface area contributed by atoms with Crippen LogP contribution in [0.2, 0.25) is 0 Å². The molecule has 5 rings (SSSR count). The highest BCUT2D eigenvalue weighted by atomic mass is 19.4. The third-order valence-electron chi connectivity index (χ3n) is 9.17. The standard InChI is InChI=1S/C35H33F7O5/c36-29-12-9-24(10-13-29)30-7-4-14-33(30,26-11-8-23(15-26)19-43)47-31(21-46-32(44)45-20-22-5-2-1-3-6-22)25-16-27(34(37,38)39)18-28(17-25)35(40,41)42/h1-3,5-6,9-10,12-13,16-19,23,26,30-31H,4,7-8,11,14-15,20-21H2/t23?,26?,30?,31-,33?/m1/s1. The summed E-state index contributed by atoms with van der Waals surface area (Å²) in [6, 6.07) is 15.4.